The van der Waals surface area contributed by atoms with Gasteiger partial charge in [0.1, 0.15) is 12.7 Å². The predicted molar refractivity (Wildman–Crippen MR) is 87.3 cm³/mol. The molecule has 134 valence electrons. The smallest absolute Gasteiger partial charge is 0.333 e. The van der Waals surface area contributed by atoms with Gasteiger partial charge in [0.25, 0.3) is 0 Å². The monoisotopic (exact) mass is 340 g/mol. The number of carbonyl (C=O) groups is 3. The second kappa shape index (κ2) is 13.1. The van der Waals surface area contributed by atoms with Gasteiger partial charge in [-0.1, -0.05) is 32.6 Å². The van der Waals surface area contributed by atoms with E-state index in [0.29, 0.717) is 19.8 Å². The number of carboxylic acids is 1. The van der Waals surface area contributed by atoms with Crippen LogP contribution >= 0.6 is 0 Å². The first-order valence-corrected chi connectivity index (χ1v) is 7.55. The summed E-state index contributed by atoms with van der Waals surface area (Å²) in [6.45, 7) is 10.2. The summed E-state index contributed by atoms with van der Waals surface area (Å²) >= 11 is 0. The first-order valence-electron chi connectivity index (χ1n) is 7.55. The SMILES string of the molecule is C=C(CC=CC(=O)O)C(=O)OCCCC.C=CC(=O)OCC1CO1. The molecule has 1 saturated heterocycles. The highest BCUT2D eigenvalue weighted by Gasteiger charge is 2.23. The maximum absolute atomic E-state index is 11.2. The molecule has 1 fully saturated rings. The van der Waals surface area contributed by atoms with Crippen LogP contribution in [0.15, 0.2) is 37.0 Å². The number of carbonyl (C=O) groups excluding carboxylic acids is 2. The van der Waals surface area contributed by atoms with Crippen molar-refractivity contribution in [3.8, 4) is 0 Å². The summed E-state index contributed by atoms with van der Waals surface area (Å²) in [5, 5.41) is 8.31. The van der Waals surface area contributed by atoms with Crippen molar-refractivity contribution >= 4 is 17.9 Å². The number of hydrogen-bond acceptors (Lipinski definition) is 6. The van der Waals surface area contributed by atoms with Gasteiger partial charge in [0.15, 0.2) is 0 Å². The Kier molecular flexibility index (Phi) is 11.8. The fraction of sp³-hybridized carbons (Fsp3) is 0.471. The van der Waals surface area contributed by atoms with Crippen LogP contribution in [0.4, 0.5) is 0 Å². The molecule has 1 atom stereocenters. The second-order valence-electron chi connectivity index (χ2n) is 4.83. The third kappa shape index (κ3) is 13.3. The standard InChI is InChI=1S/C11H16O4.C6H8O3/c1-3-4-8-15-11(14)9(2)6-5-7-10(12)13;1-2-6(7)9-4-5-3-8-5/h5,7H,2-4,6,8H2,1H3,(H,12,13);2,5H,1,3-4H2. The molecule has 1 heterocycles. The summed E-state index contributed by atoms with van der Waals surface area (Å²) in [7, 11) is 0. The minimum atomic E-state index is -1.04. The zero-order valence-electron chi connectivity index (χ0n) is 13.9. The molecule has 24 heavy (non-hydrogen) atoms. The van der Waals surface area contributed by atoms with E-state index in [1.54, 1.807) is 0 Å². The lowest BCUT2D eigenvalue weighted by atomic mass is 10.2. The Hall–Kier alpha value is -2.41. The summed E-state index contributed by atoms with van der Waals surface area (Å²) in [6.07, 6.45) is 5.62. The first-order chi connectivity index (χ1) is 11.4. The summed E-state index contributed by atoms with van der Waals surface area (Å²) in [4.78, 5) is 31.7. The molecule has 0 bridgehead atoms. The van der Waals surface area contributed by atoms with E-state index in [0.717, 1.165) is 25.0 Å². The Labute approximate surface area is 141 Å². The highest BCUT2D eigenvalue weighted by Crippen LogP contribution is 2.08. The molecule has 1 rings (SSSR count). The molecule has 1 unspecified atom stereocenters. The molecule has 0 saturated carbocycles. The lowest BCUT2D eigenvalue weighted by molar-refractivity contribution is -0.139. The lowest BCUT2D eigenvalue weighted by Gasteiger charge is -2.03. The highest BCUT2D eigenvalue weighted by molar-refractivity contribution is 5.88. The Bertz CT molecular complexity index is 475. The van der Waals surface area contributed by atoms with Crippen molar-refractivity contribution in [1.82, 2.24) is 0 Å². The van der Waals surface area contributed by atoms with Crippen LogP contribution in [0.2, 0.25) is 0 Å². The lowest BCUT2D eigenvalue weighted by Crippen LogP contribution is -2.07. The van der Waals surface area contributed by atoms with Gasteiger partial charge in [0.05, 0.1) is 13.2 Å². The number of rotatable bonds is 10. The van der Waals surface area contributed by atoms with Gasteiger partial charge in [0, 0.05) is 17.7 Å². The second-order valence-corrected chi connectivity index (χ2v) is 4.83. The van der Waals surface area contributed by atoms with E-state index in [4.69, 9.17) is 14.6 Å². The van der Waals surface area contributed by atoms with Crippen LogP contribution in [0.25, 0.3) is 0 Å². The summed E-state index contributed by atoms with van der Waals surface area (Å²) in [6, 6.07) is 0. The molecule has 1 N–H and O–H groups in total. The molecule has 0 amide bonds. The number of hydrogen-bond donors (Lipinski definition) is 1. The zero-order valence-corrected chi connectivity index (χ0v) is 13.9. The quantitative estimate of drug-likeness (QED) is 0.281. The number of unbranched alkanes of at least 4 members (excludes halogenated alkanes) is 1. The predicted octanol–water partition coefficient (Wildman–Crippen LogP) is 2.03. The van der Waals surface area contributed by atoms with Gasteiger partial charge in [-0.3, -0.25) is 0 Å². The van der Waals surface area contributed by atoms with Crippen molar-refractivity contribution in [3.05, 3.63) is 37.0 Å². The van der Waals surface area contributed by atoms with Crippen LogP contribution in [0.5, 0.6) is 0 Å². The van der Waals surface area contributed by atoms with Crippen molar-refractivity contribution in [1.29, 1.82) is 0 Å². The van der Waals surface area contributed by atoms with Gasteiger partial charge in [-0.05, 0) is 12.8 Å². The molecular formula is C17H24O7. The molecule has 0 aromatic carbocycles. The first kappa shape index (κ1) is 21.6. The number of esters is 2. The van der Waals surface area contributed by atoms with E-state index in [1.165, 1.54) is 6.08 Å². The highest BCUT2D eigenvalue weighted by atomic mass is 16.6. The van der Waals surface area contributed by atoms with Crippen LogP contribution < -0.4 is 0 Å². The van der Waals surface area contributed by atoms with Gasteiger partial charge in [0.2, 0.25) is 0 Å². The molecule has 0 spiro atoms. The van der Waals surface area contributed by atoms with E-state index in [2.05, 4.69) is 17.9 Å². The van der Waals surface area contributed by atoms with Crippen molar-refractivity contribution in [2.24, 2.45) is 0 Å². The van der Waals surface area contributed by atoms with Crippen LogP contribution in [-0.2, 0) is 28.6 Å². The van der Waals surface area contributed by atoms with Crippen molar-refractivity contribution in [2.45, 2.75) is 32.3 Å². The van der Waals surface area contributed by atoms with Gasteiger partial charge in [-0.2, -0.15) is 0 Å². The van der Waals surface area contributed by atoms with Crippen LogP contribution in [0.3, 0.4) is 0 Å². The summed E-state index contributed by atoms with van der Waals surface area (Å²) < 4.78 is 14.3. The van der Waals surface area contributed by atoms with E-state index >= 15 is 0 Å². The topological polar surface area (TPSA) is 102 Å². The summed E-state index contributed by atoms with van der Waals surface area (Å²) in [5.41, 5.74) is 0.267. The fourth-order valence-electron chi connectivity index (χ4n) is 1.19. The molecule has 0 aromatic rings. The number of allylic oxidation sites excluding steroid dienone is 1. The number of epoxide rings is 1. The molecule has 0 aliphatic carbocycles. The Morgan fingerprint density at radius 1 is 1.33 bits per heavy atom. The number of ether oxygens (including phenoxy) is 3. The third-order valence-corrected chi connectivity index (χ3v) is 2.62. The van der Waals surface area contributed by atoms with Gasteiger partial charge >= 0.3 is 17.9 Å². The van der Waals surface area contributed by atoms with Crippen LogP contribution in [0, 0.1) is 0 Å². The fourth-order valence-corrected chi connectivity index (χ4v) is 1.19. The van der Waals surface area contributed by atoms with Gasteiger partial charge < -0.3 is 19.3 Å². The van der Waals surface area contributed by atoms with Crippen molar-refractivity contribution in [2.75, 3.05) is 19.8 Å². The Balaban J connectivity index is 0.000000496. The Morgan fingerprint density at radius 2 is 2.00 bits per heavy atom. The molecular weight excluding hydrogens is 316 g/mol. The van der Waals surface area contributed by atoms with E-state index in [9.17, 15) is 14.4 Å². The van der Waals surface area contributed by atoms with E-state index < -0.39 is 11.9 Å². The Morgan fingerprint density at radius 3 is 2.50 bits per heavy atom. The molecule has 7 nitrogen and oxygen atoms in total. The maximum Gasteiger partial charge on any atom is 0.333 e. The number of aliphatic carboxylic acids is 1. The van der Waals surface area contributed by atoms with Crippen LogP contribution in [0.1, 0.15) is 26.2 Å². The van der Waals surface area contributed by atoms with E-state index in [1.807, 2.05) is 6.92 Å². The minimum absolute atomic E-state index is 0.147. The molecule has 7 heteroatoms. The third-order valence-electron chi connectivity index (χ3n) is 2.62. The van der Waals surface area contributed by atoms with E-state index in [-0.39, 0.29) is 24.1 Å². The number of carboxylic acid groups (broad SMARTS) is 1. The summed E-state index contributed by atoms with van der Waals surface area (Å²) in [5.74, 6) is -1.88. The van der Waals surface area contributed by atoms with Crippen molar-refractivity contribution in [3.63, 3.8) is 0 Å². The van der Waals surface area contributed by atoms with Gasteiger partial charge in [-0.25, -0.2) is 14.4 Å². The molecule has 1 aliphatic heterocycles. The molecule has 0 radical (unpaired) electrons. The molecule has 1 aliphatic rings. The maximum atomic E-state index is 11.2. The largest absolute Gasteiger partial charge is 0.478 e. The minimum Gasteiger partial charge on any atom is -0.478 e. The average Bonchev–Trinajstić information content (AvgIpc) is 3.37. The zero-order chi connectivity index (χ0) is 18.4. The normalized spacial score (nSPS) is 15.0. The average molecular weight is 340 g/mol. The van der Waals surface area contributed by atoms with Crippen LogP contribution in [-0.4, -0.2) is 48.9 Å². The van der Waals surface area contributed by atoms with Crippen molar-refractivity contribution < 1.29 is 33.7 Å². The molecule has 0 aromatic heterocycles. The van der Waals surface area contributed by atoms with Gasteiger partial charge in [-0.15, -0.1) is 0 Å².